The summed E-state index contributed by atoms with van der Waals surface area (Å²) in [5.41, 5.74) is -0.452. The van der Waals surface area contributed by atoms with Crippen molar-refractivity contribution >= 4 is 15.9 Å². The zero-order valence-electron chi connectivity index (χ0n) is 6.09. The highest BCUT2D eigenvalue weighted by molar-refractivity contribution is 9.10. The van der Waals surface area contributed by atoms with Gasteiger partial charge in [0.05, 0.1) is 13.3 Å². The number of rotatable bonds is 2. The molecular weight excluding hydrogens is 234 g/mol. The predicted octanol–water partition coefficient (Wildman–Crippen LogP) is 2.19. The second-order valence-electron chi connectivity index (χ2n) is 1.89. The van der Waals surface area contributed by atoms with E-state index >= 15 is 0 Å². The summed E-state index contributed by atoms with van der Waals surface area (Å²) in [5, 5.41) is 0. The third-order valence-corrected chi connectivity index (χ3v) is 1.52. The zero-order valence-corrected chi connectivity index (χ0v) is 7.68. The van der Waals surface area contributed by atoms with Crippen LogP contribution in [-0.2, 0) is 0 Å². The van der Waals surface area contributed by atoms with E-state index in [0.29, 0.717) is 0 Å². The van der Waals surface area contributed by atoms with Crippen LogP contribution in [0.4, 0.5) is 8.78 Å². The number of hydrogen-bond acceptors (Lipinski definition) is 3. The fraction of sp³-hybridized carbons (Fsp3) is 0.333. The van der Waals surface area contributed by atoms with Crippen molar-refractivity contribution in [3.63, 3.8) is 0 Å². The molecule has 6 heteroatoms. The fourth-order valence-corrected chi connectivity index (χ4v) is 0.963. The van der Waals surface area contributed by atoms with Gasteiger partial charge in [-0.05, 0) is 15.9 Å². The van der Waals surface area contributed by atoms with Crippen LogP contribution >= 0.6 is 15.9 Å². The van der Waals surface area contributed by atoms with E-state index in [-0.39, 0.29) is 10.5 Å². The largest absolute Gasteiger partial charge is 0.480 e. The van der Waals surface area contributed by atoms with E-state index in [1.807, 2.05) is 0 Å². The molecule has 3 nitrogen and oxygen atoms in total. The third kappa shape index (κ3) is 1.88. The van der Waals surface area contributed by atoms with Crippen molar-refractivity contribution in [1.29, 1.82) is 0 Å². The molecule has 0 fully saturated rings. The van der Waals surface area contributed by atoms with E-state index in [2.05, 4.69) is 30.6 Å². The second-order valence-corrected chi connectivity index (χ2v) is 2.70. The molecule has 0 aliphatic carbocycles. The molecule has 0 unspecified atom stereocenters. The molecule has 1 heterocycles. The van der Waals surface area contributed by atoms with E-state index in [1.165, 1.54) is 13.3 Å². The maximum absolute atomic E-state index is 12.2. The summed E-state index contributed by atoms with van der Waals surface area (Å²) in [7, 11) is 1.27. The Labute approximate surface area is 75.9 Å². The van der Waals surface area contributed by atoms with Crippen molar-refractivity contribution in [2.75, 3.05) is 7.11 Å². The van der Waals surface area contributed by atoms with Gasteiger partial charge in [0.1, 0.15) is 4.60 Å². The Morgan fingerprint density at radius 2 is 2.25 bits per heavy atom. The molecule has 0 saturated carbocycles. The summed E-state index contributed by atoms with van der Waals surface area (Å²) in [6.07, 6.45) is -1.38. The number of aromatic nitrogens is 2. The first-order valence-electron chi connectivity index (χ1n) is 2.99. The Bertz CT molecular complexity index is 282. The van der Waals surface area contributed by atoms with Crippen molar-refractivity contribution in [2.45, 2.75) is 6.43 Å². The highest BCUT2D eigenvalue weighted by atomic mass is 79.9. The lowest BCUT2D eigenvalue weighted by Gasteiger charge is -2.04. The monoisotopic (exact) mass is 238 g/mol. The summed E-state index contributed by atoms with van der Waals surface area (Å²) in [6, 6.07) is 0. The van der Waals surface area contributed by atoms with Gasteiger partial charge in [0.25, 0.3) is 6.43 Å². The van der Waals surface area contributed by atoms with Crippen LogP contribution in [0.3, 0.4) is 0 Å². The molecule has 0 aliphatic rings. The van der Waals surface area contributed by atoms with Gasteiger partial charge in [-0.1, -0.05) is 0 Å². The number of nitrogens with zero attached hydrogens (tertiary/aromatic N) is 2. The lowest BCUT2D eigenvalue weighted by molar-refractivity contribution is 0.140. The van der Waals surface area contributed by atoms with Gasteiger partial charge in [0.2, 0.25) is 5.88 Å². The summed E-state index contributed by atoms with van der Waals surface area (Å²) in [4.78, 5) is 7.13. The highest BCUT2D eigenvalue weighted by Crippen LogP contribution is 2.25. The molecule has 1 aromatic heterocycles. The first kappa shape index (κ1) is 9.31. The second kappa shape index (κ2) is 3.75. The Morgan fingerprint density at radius 1 is 1.58 bits per heavy atom. The lowest BCUT2D eigenvalue weighted by Crippen LogP contribution is -1.98. The normalized spacial score (nSPS) is 10.4. The van der Waals surface area contributed by atoms with Crippen molar-refractivity contribution in [2.24, 2.45) is 0 Å². The molecular formula is C6H5BrF2N2O. The summed E-state index contributed by atoms with van der Waals surface area (Å²) < 4.78 is 29.2. The summed E-state index contributed by atoms with van der Waals surface area (Å²) in [6.45, 7) is 0. The molecule has 0 saturated heterocycles. The molecule has 1 rings (SSSR count). The van der Waals surface area contributed by atoms with E-state index in [9.17, 15) is 8.78 Å². The van der Waals surface area contributed by atoms with Crippen LogP contribution in [0, 0.1) is 0 Å². The molecule has 0 amide bonds. The maximum Gasteiger partial charge on any atom is 0.285 e. The quantitative estimate of drug-likeness (QED) is 0.793. The van der Waals surface area contributed by atoms with Crippen molar-refractivity contribution in [3.8, 4) is 5.88 Å². The third-order valence-electron chi connectivity index (χ3n) is 1.13. The van der Waals surface area contributed by atoms with Crippen molar-refractivity contribution < 1.29 is 13.5 Å². The predicted molar refractivity (Wildman–Crippen MR) is 41.2 cm³/mol. The SMILES string of the molecule is COc1ncc(Br)nc1C(F)F. The minimum absolute atomic E-state index is 0.145. The molecule has 12 heavy (non-hydrogen) atoms. The Kier molecular flexibility index (Phi) is 2.91. The van der Waals surface area contributed by atoms with Gasteiger partial charge in [-0.15, -0.1) is 0 Å². The van der Waals surface area contributed by atoms with Gasteiger partial charge in [-0.25, -0.2) is 18.7 Å². The average Bonchev–Trinajstić information content (AvgIpc) is 2.04. The number of alkyl halides is 2. The van der Waals surface area contributed by atoms with Crippen molar-refractivity contribution in [3.05, 3.63) is 16.5 Å². The standard InChI is InChI=1S/C6H5BrF2N2O/c1-12-6-4(5(8)9)11-3(7)2-10-6/h2,5H,1H3. The molecule has 0 bridgehead atoms. The molecule has 0 atom stereocenters. The van der Waals surface area contributed by atoms with Gasteiger partial charge in [0, 0.05) is 0 Å². The fourth-order valence-electron chi connectivity index (χ4n) is 0.669. The highest BCUT2D eigenvalue weighted by Gasteiger charge is 2.17. The number of hydrogen-bond donors (Lipinski definition) is 0. The van der Waals surface area contributed by atoms with Gasteiger partial charge < -0.3 is 4.74 Å². The molecule has 0 spiro atoms. The molecule has 0 radical (unpaired) electrons. The number of halogens is 3. The Balaban J connectivity index is 3.12. The van der Waals surface area contributed by atoms with Crippen LogP contribution in [-0.4, -0.2) is 17.1 Å². The average molecular weight is 239 g/mol. The van der Waals surface area contributed by atoms with E-state index in [4.69, 9.17) is 0 Å². The van der Waals surface area contributed by atoms with Gasteiger partial charge in [0.15, 0.2) is 5.69 Å². The minimum atomic E-state index is -2.68. The summed E-state index contributed by atoms with van der Waals surface area (Å²) in [5.74, 6) is -0.145. The van der Waals surface area contributed by atoms with Crippen LogP contribution in [0.2, 0.25) is 0 Å². The maximum atomic E-state index is 12.2. The topological polar surface area (TPSA) is 35.0 Å². The van der Waals surface area contributed by atoms with Crippen LogP contribution in [0.5, 0.6) is 5.88 Å². The van der Waals surface area contributed by atoms with E-state index in [0.717, 1.165) is 0 Å². The Hall–Kier alpha value is -0.780. The van der Waals surface area contributed by atoms with Gasteiger partial charge in [-0.3, -0.25) is 0 Å². The van der Waals surface area contributed by atoms with Crippen LogP contribution < -0.4 is 4.74 Å². The molecule has 0 N–H and O–H groups in total. The number of methoxy groups -OCH3 is 1. The van der Waals surface area contributed by atoms with Crippen molar-refractivity contribution in [1.82, 2.24) is 9.97 Å². The molecule has 0 aromatic carbocycles. The summed E-state index contributed by atoms with van der Waals surface area (Å²) >= 11 is 2.93. The first-order chi connectivity index (χ1) is 5.65. The minimum Gasteiger partial charge on any atom is -0.480 e. The molecule has 1 aromatic rings. The van der Waals surface area contributed by atoms with Crippen LogP contribution in [0.1, 0.15) is 12.1 Å². The first-order valence-corrected chi connectivity index (χ1v) is 3.79. The van der Waals surface area contributed by atoms with E-state index in [1.54, 1.807) is 0 Å². The van der Waals surface area contributed by atoms with Gasteiger partial charge in [-0.2, -0.15) is 0 Å². The van der Waals surface area contributed by atoms with E-state index < -0.39 is 12.1 Å². The van der Waals surface area contributed by atoms with Crippen LogP contribution in [0.25, 0.3) is 0 Å². The van der Waals surface area contributed by atoms with Crippen LogP contribution in [0.15, 0.2) is 10.8 Å². The number of ether oxygens (including phenoxy) is 1. The molecule has 0 aliphatic heterocycles. The smallest absolute Gasteiger partial charge is 0.285 e. The zero-order chi connectivity index (χ0) is 9.14. The molecule has 66 valence electrons. The lowest BCUT2D eigenvalue weighted by atomic mass is 10.4. The Morgan fingerprint density at radius 3 is 2.75 bits per heavy atom. The van der Waals surface area contributed by atoms with Gasteiger partial charge >= 0.3 is 0 Å².